The smallest absolute Gasteiger partial charge is 0.338 e. The first-order valence-electron chi connectivity index (χ1n) is 6.40. The summed E-state index contributed by atoms with van der Waals surface area (Å²) in [5.74, 6) is -0.322. The largest absolute Gasteiger partial charge is 0.459 e. The summed E-state index contributed by atoms with van der Waals surface area (Å²) >= 11 is 0. The van der Waals surface area contributed by atoms with E-state index < -0.39 is 0 Å². The standard InChI is InChI=1S/C15H20O3/c1-4-6-14(5-2)18-15(17)13-9-7-12(8-10-13)11(3)16/h7-10,14H,4-6H2,1-3H3. The van der Waals surface area contributed by atoms with Crippen LogP contribution < -0.4 is 0 Å². The molecule has 0 saturated heterocycles. The number of carbonyl (C=O) groups excluding carboxylic acids is 2. The van der Waals surface area contributed by atoms with Gasteiger partial charge < -0.3 is 4.74 Å². The number of hydrogen-bond acceptors (Lipinski definition) is 3. The molecule has 0 fully saturated rings. The van der Waals surface area contributed by atoms with Crippen LogP contribution in [-0.4, -0.2) is 17.9 Å². The van der Waals surface area contributed by atoms with Crippen LogP contribution in [-0.2, 0) is 4.74 Å². The maximum absolute atomic E-state index is 11.9. The van der Waals surface area contributed by atoms with Gasteiger partial charge in [0.2, 0.25) is 0 Å². The van der Waals surface area contributed by atoms with Crippen LogP contribution in [0, 0.1) is 0 Å². The fourth-order valence-electron chi connectivity index (χ4n) is 1.73. The van der Waals surface area contributed by atoms with Gasteiger partial charge in [-0.1, -0.05) is 32.4 Å². The highest BCUT2D eigenvalue weighted by atomic mass is 16.5. The number of ketones is 1. The Bertz CT molecular complexity index is 406. The molecule has 0 aliphatic heterocycles. The molecule has 0 aliphatic rings. The van der Waals surface area contributed by atoms with E-state index >= 15 is 0 Å². The van der Waals surface area contributed by atoms with Gasteiger partial charge in [-0.25, -0.2) is 4.79 Å². The molecule has 3 heteroatoms. The second-order valence-corrected chi connectivity index (χ2v) is 4.36. The van der Waals surface area contributed by atoms with Gasteiger partial charge in [-0.05, 0) is 31.9 Å². The summed E-state index contributed by atoms with van der Waals surface area (Å²) in [5, 5.41) is 0. The van der Waals surface area contributed by atoms with Crippen LogP contribution in [0.25, 0.3) is 0 Å². The maximum Gasteiger partial charge on any atom is 0.338 e. The molecule has 1 atom stereocenters. The van der Waals surface area contributed by atoms with E-state index in [4.69, 9.17) is 4.74 Å². The number of Topliss-reactive ketones (excluding diaryl/α,β-unsaturated/α-hetero) is 1. The van der Waals surface area contributed by atoms with Gasteiger partial charge in [0.05, 0.1) is 5.56 Å². The minimum Gasteiger partial charge on any atom is -0.459 e. The van der Waals surface area contributed by atoms with Gasteiger partial charge in [-0.2, -0.15) is 0 Å². The summed E-state index contributed by atoms with van der Waals surface area (Å²) < 4.78 is 5.40. The third kappa shape index (κ3) is 3.99. The molecule has 0 N–H and O–H groups in total. The zero-order valence-electron chi connectivity index (χ0n) is 11.2. The van der Waals surface area contributed by atoms with E-state index in [9.17, 15) is 9.59 Å². The number of ether oxygens (including phenoxy) is 1. The van der Waals surface area contributed by atoms with Crippen molar-refractivity contribution in [2.24, 2.45) is 0 Å². The molecular formula is C15H20O3. The van der Waals surface area contributed by atoms with Gasteiger partial charge in [-0.3, -0.25) is 4.79 Å². The lowest BCUT2D eigenvalue weighted by atomic mass is 10.1. The van der Waals surface area contributed by atoms with Crippen molar-refractivity contribution >= 4 is 11.8 Å². The molecular weight excluding hydrogens is 228 g/mol. The van der Waals surface area contributed by atoms with Crippen molar-refractivity contribution in [3.8, 4) is 0 Å². The van der Waals surface area contributed by atoms with Crippen LogP contribution in [0.3, 0.4) is 0 Å². The number of hydrogen-bond donors (Lipinski definition) is 0. The van der Waals surface area contributed by atoms with Gasteiger partial charge in [0.15, 0.2) is 5.78 Å². The second-order valence-electron chi connectivity index (χ2n) is 4.36. The van der Waals surface area contributed by atoms with E-state index in [1.165, 1.54) is 6.92 Å². The van der Waals surface area contributed by atoms with Crippen molar-refractivity contribution < 1.29 is 14.3 Å². The normalized spacial score (nSPS) is 11.9. The Morgan fingerprint density at radius 1 is 1.11 bits per heavy atom. The minimum atomic E-state index is -0.314. The van der Waals surface area contributed by atoms with E-state index in [0.717, 1.165) is 19.3 Å². The zero-order chi connectivity index (χ0) is 13.5. The highest BCUT2D eigenvalue weighted by Crippen LogP contribution is 2.12. The summed E-state index contributed by atoms with van der Waals surface area (Å²) in [6, 6.07) is 6.58. The predicted molar refractivity (Wildman–Crippen MR) is 70.8 cm³/mol. The average Bonchev–Trinajstić information content (AvgIpc) is 2.38. The molecule has 0 spiro atoms. The quantitative estimate of drug-likeness (QED) is 0.570. The van der Waals surface area contributed by atoms with Crippen LogP contribution in [0.15, 0.2) is 24.3 Å². The second kappa shape index (κ2) is 6.94. The lowest BCUT2D eigenvalue weighted by molar-refractivity contribution is 0.0271. The SMILES string of the molecule is CCCC(CC)OC(=O)c1ccc(C(C)=O)cc1. The third-order valence-corrected chi connectivity index (χ3v) is 2.87. The topological polar surface area (TPSA) is 43.4 Å². The minimum absolute atomic E-state index is 0.00710. The Morgan fingerprint density at radius 2 is 1.67 bits per heavy atom. The average molecular weight is 248 g/mol. The Morgan fingerprint density at radius 3 is 2.11 bits per heavy atom. The molecule has 1 rings (SSSR count). The van der Waals surface area contributed by atoms with Gasteiger partial charge in [-0.15, -0.1) is 0 Å². The molecule has 0 bridgehead atoms. The van der Waals surface area contributed by atoms with Crippen LogP contribution in [0.4, 0.5) is 0 Å². The van der Waals surface area contributed by atoms with Crippen molar-refractivity contribution in [3.05, 3.63) is 35.4 Å². The highest BCUT2D eigenvalue weighted by molar-refractivity contribution is 5.96. The van der Waals surface area contributed by atoms with Crippen LogP contribution in [0.2, 0.25) is 0 Å². The molecule has 0 radical (unpaired) electrons. The molecule has 18 heavy (non-hydrogen) atoms. The molecule has 0 aliphatic carbocycles. The van der Waals surface area contributed by atoms with Crippen molar-refractivity contribution in [1.29, 1.82) is 0 Å². The molecule has 0 amide bonds. The van der Waals surface area contributed by atoms with E-state index in [2.05, 4.69) is 6.92 Å². The molecule has 1 aromatic carbocycles. The summed E-state index contributed by atoms with van der Waals surface area (Å²) in [5.41, 5.74) is 1.10. The first kappa shape index (κ1) is 14.4. The Labute approximate surface area is 108 Å². The number of esters is 1. The Kier molecular flexibility index (Phi) is 5.56. The van der Waals surface area contributed by atoms with Crippen LogP contribution in [0.5, 0.6) is 0 Å². The van der Waals surface area contributed by atoms with E-state index in [-0.39, 0.29) is 17.9 Å². The van der Waals surface area contributed by atoms with Gasteiger partial charge in [0, 0.05) is 5.56 Å². The number of carbonyl (C=O) groups is 2. The van der Waals surface area contributed by atoms with Crippen LogP contribution >= 0.6 is 0 Å². The highest BCUT2D eigenvalue weighted by Gasteiger charge is 2.13. The van der Waals surface area contributed by atoms with Crippen molar-refractivity contribution in [1.82, 2.24) is 0 Å². The third-order valence-electron chi connectivity index (χ3n) is 2.87. The first-order valence-corrected chi connectivity index (χ1v) is 6.40. The molecule has 0 saturated carbocycles. The van der Waals surface area contributed by atoms with E-state index in [0.29, 0.717) is 11.1 Å². The van der Waals surface area contributed by atoms with Crippen LogP contribution in [0.1, 0.15) is 60.7 Å². The summed E-state index contributed by atoms with van der Waals surface area (Å²) in [6.07, 6.45) is 2.68. The fraction of sp³-hybridized carbons (Fsp3) is 0.467. The lowest BCUT2D eigenvalue weighted by Crippen LogP contribution is -2.17. The van der Waals surface area contributed by atoms with Crippen molar-refractivity contribution in [2.45, 2.75) is 46.1 Å². The first-order chi connectivity index (χ1) is 8.58. The monoisotopic (exact) mass is 248 g/mol. The van der Waals surface area contributed by atoms with Crippen molar-refractivity contribution in [3.63, 3.8) is 0 Å². The lowest BCUT2D eigenvalue weighted by Gasteiger charge is -2.15. The fourth-order valence-corrected chi connectivity index (χ4v) is 1.73. The molecule has 0 aromatic heterocycles. The van der Waals surface area contributed by atoms with Gasteiger partial charge in [0.25, 0.3) is 0 Å². The number of rotatable bonds is 6. The summed E-state index contributed by atoms with van der Waals surface area (Å²) in [4.78, 5) is 23.0. The Balaban J connectivity index is 2.69. The molecule has 1 unspecified atom stereocenters. The van der Waals surface area contributed by atoms with Crippen molar-refractivity contribution in [2.75, 3.05) is 0 Å². The maximum atomic E-state index is 11.9. The van der Waals surface area contributed by atoms with Gasteiger partial charge >= 0.3 is 5.97 Å². The molecule has 98 valence electrons. The number of benzene rings is 1. The molecule has 3 nitrogen and oxygen atoms in total. The molecule has 0 heterocycles. The summed E-state index contributed by atoms with van der Waals surface area (Å²) in [7, 11) is 0. The zero-order valence-corrected chi connectivity index (χ0v) is 11.2. The Hall–Kier alpha value is -1.64. The van der Waals surface area contributed by atoms with E-state index in [1.54, 1.807) is 24.3 Å². The summed E-state index contributed by atoms with van der Waals surface area (Å²) in [6.45, 7) is 5.58. The molecule has 1 aromatic rings. The van der Waals surface area contributed by atoms with Gasteiger partial charge in [0.1, 0.15) is 6.10 Å². The van der Waals surface area contributed by atoms with E-state index in [1.807, 2.05) is 6.92 Å². The predicted octanol–water partition coefficient (Wildman–Crippen LogP) is 3.62.